The molecule has 1 rings (SSSR count). The molecule has 0 aliphatic carbocycles. The van der Waals surface area contributed by atoms with Crippen molar-refractivity contribution in [2.45, 2.75) is 6.42 Å². The zero-order valence-electron chi connectivity index (χ0n) is 5.46. The summed E-state index contributed by atoms with van der Waals surface area (Å²) in [4.78, 5) is 9.94. The van der Waals surface area contributed by atoms with Gasteiger partial charge in [0.1, 0.15) is 0 Å². The molecule has 1 aliphatic rings. The van der Waals surface area contributed by atoms with Gasteiger partial charge >= 0.3 is 5.97 Å². The van der Waals surface area contributed by atoms with Crippen LogP contribution in [0, 0.1) is 17.8 Å². The number of carboxylic acids is 1. The van der Waals surface area contributed by atoms with Crippen LogP contribution in [0.15, 0.2) is 0 Å². The van der Waals surface area contributed by atoms with E-state index in [0.29, 0.717) is 13.2 Å². The molecule has 1 atom stereocenters. The quantitative estimate of drug-likeness (QED) is 0.486. The molecule has 10 heavy (non-hydrogen) atoms. The van der Waals surface area contributed by atoms with E-state index in [-0.39, 0.29) is 5.92 Å². The Morgan fingerprint density at radius 3 is 3.00 bits per heavy atom. The number of hydrogen-bond donors (Lipinski definition) is 1. The monoisotopic (exact) mass is 140 g/mol. The first-order valence-electron chi connectivity index (χ1n) is 3.11. The van der Waals surface area contributed by atoms with Crippen LogP contribution in [0.3, 0.4) is 0 Å². The Hall–Kier alpha value is -1.01. The molecule has 0 aromatic heterocycles. The summed E-state index contributed by atoms with van der Waals surface area (Å²) in [6, 6.07) is 0. The van der Waals surface area contributed by atoms with Gasteiger partial charge in [0.25, 0.3) is 0 Å². The van der Waals surface area contributed by atoms with Crippen LogP contribution in [0.25, 0.3) is 0 Å². The second-order valence-corrected chi connectivity index (χ2v) is 2.14. The Kier molecular flexibility index (Phi) is 2.30. The summed E-state index contributed by atoms with van der Waals surface area (Å²) >= 11 is 0. The highest BCUT2D eigenvalue weighted by Gasteiger charge is 2.12. The van der Waals surface area contributed by atoms with Crippen LogP contribution in [0.5, 0.6) is 0 Å². The third kappa shape index (κ3) is 2.08. The molecule has 0 bridgehead atoms. The molecule has 1 heterocycles. The van der Waals surface area contributed by atoms with Crippen molar-refractivity contribution in [3.8, 4) is 11.8 Å². The summed E-state index contributed by atoms with van der Waals surface area (Å²) in [6.45, 7) is 1.29. The van der Waals surface area contributed by atoms with Crippen LogP contribution < -0.4 is 0 Å². The standard InChI is InChI=1S/C7H8O3/c8-7(9)2-1-6-3-4-10-5-6/h6H,3-5H2,(H,8,9)/t6-/m1/s1. The molecule has 0 radical (unpaired) electrons. The van der Waals surface area contributed by atoms with Gasteiger partial charge in [0.2, 0.25) is 0 Å². The summed E-state index contributed by atoms with van der Waals surface area (Å²) in [5.41, 5.74) is 0. The minimum Gasteiger partial charge on any atom is -0.472 e. The number of ether oxygens (including phenoxy) is 1. The molecule has 0 aromatic carbocycles. The molecule has 54 valence electrons. The molecule has 0 spiro atoms. The third-order valence-corrected chi connectivity index (χ3v) is 1.31. The molecule has 1 N–H and O–H groups in total. The lowest BCUT2D eigenvalue weighted by Crippen LogP contribution is -1.96. The predicted octanol–water partition coefficient (Wildman–Crippen LogP) is 0.111. The van der Waals surface area contributed by atoms with E-state index in [1.165, 1.54) is 0 Å². The number of aliphatic carboxylic acids is 1. The Morgan fingerprint density at radius 1 is 1.70 bits per heavy atom. The van der Waals surface area contributed by atoms with E-state index in [1.807, 2.05) is 0 Å². The SMILES string of the molecule is O=C(O)C#C[C@@H]1CCOC1. The largest absolute Gasteiger partial charge is 0.472 e. The van der Waals surface area contributed by atoms with Crippen LogP contribution in [0.1, 0.15) is 6.42 Å². The maximum atomic E-state index is 9.94. The molecular formula is C7H8O3. The second kappa shape index (κ2) is 3.23. The minimum absolute atomic E-state index is 0.135. The fourth-order valence-electron chi connectivity index (χ4n) is 0.812. The fraction of sp³-hybridized carbons (Fsp3) is 0.571. The van der Waals surface area contributed by atoms with Gasteiger partial charge < -0.3 is 9.84 Å². The minimum atomic E-state index is -1.06. The number of carbonyl (C=O) groups is 1. The fourth-order valence-corrected chi connectivity index (χ4v) is 0.812. The summed E-state index contributed by atoms with van der Waals surface area (Å²) in [5, 5.41) is 8.16. The van der Waals surface area contributed by atoms with Crippen molar-refractivity contribution in [3.05, 3.63) is 0 Å². The lowest BCUT2D eigenvalue weighted by Gasteiger charge is -1.90. The number of rotatable bonds is 0. The summed E-state index contributed by atoms with van der Waals surface area (Å²) in [7, 11) is 0. The Bertz CT molecular complexity index is 181. The van der Waals surface area contributed by atoms with Gasteiger partial charge in [-0.05, 0) is 6.42 Å². The first-order valence-corrected chi connectivity index (χ1v) is 3.11. The van der Waals surface area contributed by atoms with Crippen molar-refractivity contribution < 1.29 is 14.6 Å². The smallest absolute Gasteiger partial charge is 0.381 e. The molecule has 0 unspecified atom stereocenters. The summed E-state index contributed by atoms with van der Waals surface area (Å²) in [5.74, 6) is 3.75. The van der Waals surface area contributed by atoms with E-state index in [4.69, 9.17) is 9.84 Å². The number of carboxylic acid groups (broad SMARTS) is 1. The molecule has 1 aliphatic heterocycles. The molecule has 3 heteroatoms. The van der Waals surface area contributed by atoms with Crippen LogP contribution >= 0.6 is 0 Å². The maximum Gasteiger partial charge on any atom is 0.381 e. The molecule has 0 amide bonds. The molecule has 0 aromatic rings. The predicted molar refractivity (Wildman–Crippen MR) is 34.3 cm³/mol. The average molecular weight is 140 g/mol. The van der Waals surface area contributed by atoms with Gasteiger partial charge in [0, 0.05) is 18.4 Å². The molecule has 1 saturated heterocycles. The van der Waals surface area contributed by atoms with E-state index in [9.17, 15) is 4.79 Å². The summed E-state index contributed by atoms with van der Waals surface area (Å²) in [6.07, 6.45) is 0.861. The van der Waals surface area contributed by atoms with Crippen molar-refractivity contribution in [1.82, 2.24) is 0 Å². The van der Waals surface area contributed by atoms with E-state index in [0.717, 1.165) is 6.42 Å². The van der Waals surface area contributed by atoms with E-state index in [1.54, 1.807) is 0 Å². The highest BCUT2D eigenvalue weighted by Crippen LogP contribution is 2.09. The lowest BCUT2D eigenvalue weighted by molar-refractivity contribution is -0.130. The first kappa shape index (κ1) is 7.10. The van der Waals surface area contributed by atoms with Crippen LogP contribution in [-0.2, 0) is 9.53 Å². The molecular weight excluding hydrogens is 132 g/mol. The normalized spacial score (nSPS) is 23.4. The summed E-state index contributed by atoms with van der Waals surface area (Å²) < 4.78 is 4.99. The molecule has 0 saturated carbocycles. The van der Waals surface area contributed by atoms with E-state index in [2.05, 4.69) is 11.8 Å². The van der Waals surface area contributed by atoms with Crippen molar-refractivity contribution in [2.75, 3.05) is 13.2 Å². The Balaban J connectivity index is 2.38. The van der Waals surface area contributed by atoms with E-state index >= 15 is 0 Å². The zero-order chi connectivity index (χ0) is 7.40. The lowest BCUT2D eigenvalue weighted by atomic mass is 10.1. The van der Waals surface area contributed by atoms with Crippen LogP contribution in [-0.4, -0.2) is 24.3 Å². The van der Waals surface area contributed by atoms with Gasteiger partial charge in [-0.2, -0.15) is 0 Å². The van der Waals surface area contributed by atoms with Crippen molar-refractivity contribution >= 4 is 5.97 Å². The molecule has 3 nitrogen and oxygen atoms in total. The highest BCUT2D eigenvalue weighted by molar-refractivity contribution is 5.86. The Labute approximate surface area is 59.0 Å². The maximum absolute atomic E-state index is 9.94. The Morgan fingerprint density at radius 2 is 2.50 bits per heavy atom. The van der Waals surface area contributed by atoms with Crippen molar-refractivity contribution in [2.24, 2.45) is 5.92 Å². The number of hydrogen-bond acceptors (Lipinski definition) is 2. The van der Waals surface area contributed by atoms with Crippen molar-refractivity contribution in [3.63, 3.8) is 0 Å². The van der Waals surface area contributed by atoms with Gasteiger partial charge in [-0.1, -0.05) is 5.92 Å². The van der Waals surface area contributed by atoms with E-state index < -0.39 is 5.97 Å². The zero-order valence-corrected chi connectivity index (χ0v) is 5.46. The van der Waals surface area contributed by atoms with Gasteiger partial charge in [-0.15, -0.1) is 0 Å². The van der Waals surface area contributed by atoms with Gasteiger partial charge in [-0.3, -0.25) is 0 Å². The van der Waals surface area contributed by atoms with Gasteiger partial charge in [0.15, 0.2) is 0 Å². The topological polar surface area (TPSA) is 46.5 Å². The third-order valence-electron chi connectivity index (χ3n) is 1.31. The van der Waals surface area contributed by atoms with Gasteiger partial charge in [-0.25, -0.2) is 4.79 Å². The van der Waals surface area contributed by atoms with Gasteiger partial charge in [0.05, 0.1) is 6.61 Å². The first-order chi connectivity index (χ1) is 4.79. The highest BCUT2D eigenvalue weighted by atomic mass is 16.5. The van der Waals surface area contributed by atoms with Crippen LogP contribution in [0.2, 0.25) is 0 Å². The van der Waals surface area contributed by atoms with Crippen molar-refractivity contribution in [1.29, 1.82) is 0 Å². The van der Waals surface area contributed by atoms with Crippen LogP contribution in [0.4, 0.5) is 0 Å². The second-order valence-electron chi connectivity index (χ2n) is 2.14. The average Bonchev–Trinajstić information content (AvgIpc) is 2.34. The molecule has 1 fully saturated rings.